The predicted octanol–water partition coefficient (Wildman–Crippen LogP) is 3.55. The predicted molar refractivity (Wildman–Crippen MR) is 202 cm³/mol. The maximum atomic E-state index is 14.0. The quantitative estimate of drug-likeness (QED) is 0.121. The summed E-state index contributed by atoms with van der Waals surface area (Å²) in [5, 5.41) is 12.9. The highest BCUT2D eigenvalue weighted by Crippen LogP contribution is 2.48. The first-order valence-corrected chi connectivity index (χ1v) is 19.6. The van der Waals surface area contributed by atoms with E-state index < -0.39 is 0 Å². The van der Waals surface area contributed by atoms with Crippen molar-refractivity contribution < 1.29 is 9.53 Å². The van der Waals surface area contributed by atoms with Gasteiger partial charge in [-0.15, -0.1) is 0 Å². The molecule has 50 heavy (non-hydrogen) atoms. The number of nitrogens with one attached hydrogen (secondary N) is 3. The zero-order chi connectivity index (χ0) is 33.9. The van der Waals surface area contributed by atoms with Crippen molar-refractivity contribution in [3.05, 3.63) is 85.9 Å². The number of amides is 1. The molecule has 0 bridgehead atoms. The Hall–Kier alpha value is -3.72. The topological polar surface area (TPSA) is 94.7 Å². The van der Waals surface area contributed by atoms with Gasteiger partial charge in [0.1, 0.15) is 24.6 Å². The Kier molecular flexibility index (Phi) is 10.2. The van der Waals surface area contributed by atoms with Crippen LogP contribution in [-0.2, 0) is 25.7 Å². The summed E-state index contributed by atoms with van der Waals surface area (Å²) in [4.78, 5) is 16.6. The number of carbonyl (C=O) groups excluding carboxylic acids is 1. The number of carbonyl (C=O) groups is 1. The van der Waals surface area contributed by atoms with Gasteiger partial charge in [-0.3, -0.25) is 4.79 Å². The molecule has 0 radical (unpaired) electrons. The molecule has 3 aromatic rings. The van der Waals surface area contributed by atoms with Crippen molar-refractivity contribution in [3.63, 3.8) is 0 Å². The van der Waals surface area contributed by atoms with Crippen LogP contribution in [0.5, 0.6) is 11.5 Å². The second-order valence-electron chi connectivity index (χ2n) is 14.8. The number of aryl methyl sites for hydroxylation is 2. The molecule has 0 saturated heterocycles. The van der Waals surface area contributed by atoms with Crippen molar-refractivity contribution in [2.24, 2.45) is 5.73 Å². The SMILES string of the molecule is NCCCNCCCCNCCCNC(=O)c1ccccc1C1=c2cc3c4c(c2Oc2c1cc1c5c2CCCN5CCC1)CCC[N+]=4CCC3. The molecule has 0 saturated carbocycles. The van der Waals surface area contributed by atoms with Crippen LogP contribution in [0.1, 0.15) is 95.1 Å². The van der Waals surface area contributed by atoms with E-state index >= 15 is 0 Å². The van der Waals surface area contributed by atoms with Crippen LogP contribution in [0.15, 0.2) is 36.4 Å². The number of unbranched alkanes of at least 4 members (excludes halogenated alkanes) is 1. The second kappa shape index (κ2) is 15.3. The van der Waals surface area contributed by atoms with Gasteiger partial charge >= 0.3 is 0 Å². The summed E-state index contributed by atoms with van der Waals surface area (Å²) in [5.41, 5.74) is 16.7. The lowest BCUT2D eigenvalue weighted by Gasteiger charge is -2.39. The molecular formula is C42H55N6O2+. The van der Waals surface area contributed by atoms with E-state index in [1.165, 1.54) is 62.5 Å². The number of rotatable bonds is 14. The smallest absolute Gasteiger partial charge is 0.251 e. The largest absolute Gasteiger partial charge is 0.455 e. The van der Waals surface area contributed by atoms with Crippen LogP contribution in [0.3, 0.4) is 0 Å². The zero-order valence-corrected chi connectivity index (χ0v) is 29.8. The van der Waals surface area contributed by atoms with Crippen LogP contribution in [-0.4, -0.2) is 71.4 Å². The normalized spacial score (nSPS) is 17.0. The highest BCUT2D eigenvalue weighted by Gasteiger charge is 2.36. The van der Waals surface area contributed by atoms with Gasteiger partial charge < -0.3 is 31.3 Å². The van der Waals surface area contributed by atoms with E-state index in [0.29, 0.717) is 6.54 Å². The third-order valence-electron chi connectivity index (χ3n) is 11.5. The Morgan fingerprint density at radius 2 is 1.48 bits per heavy atom. The summed E-state index contributed by atoms with van der Waals surface area (Å²) < 4.78 is 9.83. The molecule has 1 amide bonds. The maximum absolute atomic E-state index is 14.0. The van der Waals surface area contributed by atoms with Crippen molar-refractivity contribution >= 4 is 17.2 Å². The third kappa shape index (κ3) is 6.46. The lowest BCUT2D eigenvalue weighted by Crippen LogP contribution is -2.45. The van der Waals surface area contributed by atoms with Crippen LogP contribution in [0.25, 0.3) is 5.57 Å². The number of benzene rings is 3. The molecular weight excluding hydrogens is 621 g/mol. The van der Waals surface area contributed by atoms with E-state index in [4.69, 9.17) is 10.5 Å². The van der Waals surface area contributed by atoms with Crippen molar-refractivity contribution in [2.45, 2.75) is 77.0 Å². The average Bonchev–Trinajstić information content (AvgIpc) is 3.15. The Morgan fingerprint density at radius 1 is 0.760 bits per heavy atom. The van der Waals surface area contributed by atoms with E-state index in [1.807, 2.05) is 12.1 Å². The molecule has 8 nitrogen and oxygen atoms in total. The number of nitrogens with zero attached hydrogens (tertiary/aromatic N) is 2. The van der Waals surface area contributed by atoms with Gasteiger partial charge in [-0.2, -0.15) is 0 Å². The molecule has 0 spiro atoms. The Labute approximate surface area is 297 Å². The van der Waals surface area contributed by atoms with Gasteiger partial charge in [0.2, 0.25) is 5.36 Å². The summed E-state index contributed by atoms with van der Waals surface area (Å²) in [7, 11) is 0. The molecule has 0 unspecified atom stereocenters. The molecule has 0 aliphatic carbocycles. The fraction of sp³-hybridized carbons (Fsp3) is 0.524. The minimum absolute atomic E-state index is 0.00203. The van der Waals surface area contributed by atoms with E-state index in [1.54, 1.807) is 0 Å². The molecule has 0 aromatic heterocycles. The Balaban J connectivity index is 1.11. The van der Waals surface area contributed by atoms with Gasteiger partial charge in [-0.25, -0.2) is 4.58 Å². The molecule has 3 aromatic carbocycles. The molecule has 5 aliphatic rings. The summed E-state index contributed by atoms with van der Waals surface area (Å²) in [6.07, 6.45) is 13.2. The van der Waals surface area contributed by atoms with Gasteiger partial charge in [-0.05, 0) is 126 Å². The summed E-state index contributed by atoms with van der Waals surface area (Å²) >= 11 is 0. The number of anilines is 1. The van der Waals surface area contributed by atoms with Crippen molar-refractivity contribution in [3.8, 4) is 11.5 Å². The number of nitrogens with two attached hydrogens (primary N) is 1. The van der Waals surface area contributed by atoms with E-state index in [2.05, 4.69) is 49.7 Å². The van der Waals surface area contributed by atoms with Gasteiger partial charge in [0.25, 0.3) is 5.91 Å². The van der Waals surface area contributed by atoms with Gasteiger partial charge in [0, 0.05) is 71.2 Å². The zero-order valence-electron chi connectivity index (χ0n) is 29.8. The van der Waals surface area contributed by atoms with E-state index in [9.17, 15) is 4.79 Å². The van der Waals surface area contributed by atoms with Gasteiger partial charge in [0.15, 0.2) is 0 Å². The Morgan fingerprint density at radius 3 is 2.32 bits per heavy atom. The van der Waals surface area contributed by atoms with E-state index in [-0.39, 0.29) is 5.91 Å². The van der Waals surface area contributed by atoms with Crippen molar-refractivity contribution in [1.29, 1.82) is 0 Å². The van der Waals surface area contributed by atoms with Crippen LogP contribution in [0, 0.1) is 0 Å². The highest BCUT2D eigenvalue weighted by atomic mass is 16.5. The first-order valence-electron chi connectivity index (χ1n) is 19.6. The standard InChI is InChI=1S/C42H54N6O2/c43-17-9-20-44-18-3-4-19-45-21-10-22-46-42(49)32-14-2-1-13-31(32)37-35-27-29-11-5-23-47-25-7-15-33(38(29)47)40(35)50-41-34-16-8-26-48-24-6-12-30(39(34)48)28-36(37)41/h1-2,13-14,27-28,44-45H,3-12,15-26,43H2/p+1. The monoisotopic (exact) mass is 675 g/mol. The van der Waals surface area contributed by atoms with Crippen LogP contribution < -0.4 is 46.5 Å². The van der Waals surface area contributed by atoms with Gasteiger partial charge in [-0.1, -0.05) is 18.2 Å². The molecule has 5 aliphatic heterocycles. The van der Waals surface area contributed by atoms with Crippen molar-refractivity contribution in [2.75, 3.05) is 70.3 Å². The van der Waals surface area contributed by atoms with Crippen LogP contribution in [0.4, 0.5) is 5.69 Å². The molecule has 8 heteroatoms. The third-order valence-corrected chi connectivity index (χ3v) is 11.5. The second-order valence-corrected chi connectivity index (χ2v) is 14.8. The molecule has 0 atom stereocenters. The maximum Gasteiger partial charge on any atom is 0.251 e. The lowest BCUT2D eigenvalue weighted by atomic mass is 9.81. The molecule has 264 valence electrons. The fourth-order valence-electron chi connectivity index (χ4n) is 9.19. The van der Waals surface area contributed by atoms with Crippen molar-refractivity contribution in [1.82, 2.24) is 20.5 Å². The van der Waals surface area contributed by atoms with Crippen LogP contribution >= 0.6 is 0 Å². The van der Waals surface area contributed by atoms with E-state index in [0.717, 1.165) is 146 Å². The lowest BCUT2D eigenvalue weighted by molar-refractivity contribution is 0.0953. The fourth-order valence-corrected chi connectivity index (χ4v) is 9.19. The number of hydrogen-bond donors (Lipinski definition) is 4. The summed E-state index contributed by atoms with van der Waals surface area (Å²) in [6.45, 7) is 9.86. The molecule has 0 fully saturated rings. The number of ether oxygens (including phenoxy) is 1. The first-order chi connectivity index (χ1) is 24.7. The van der Waals surface area contributed by atoms with Gasteiger partial charge in [0.05, 0.1) is 5.56 Å². The Bertz CT molecular complexity index is 1880. The summed E-state index contributed by atoms with van der Waals surface area (Å²) in [6, 6.07) is 13.1. The number of fused-ring (bicyclic) bond motifs is 4. The molecule has 5 heterocycles. The first kappa shape index (κ1) is 33.4. The van der Waals surface area contributed by atoms with Crippen LogP contribution in [0.2, 0.25) is 0 Å². The average molecular weight is 676 g/mol. The minimum Gasteiger partial charge on any atom is -0.455 e. The molecule has 5 N–H and O–H groups in total. The minimum atomic E-state index is 0.00203. The number of hydrogen-bond acceptors (Lipinski definition) is 6. The highest BCUT2D eigenvalue weighted by molar-refractivity contribution is 6.02. The summed E-state index contributed by atoms with van der Waals surface area (Å²) in [5.74, 6) is 2.08. The molecule has 8 rings (SSSR count).